The van der Waals surface area contributed by atoms with E-state index in [4.69, 9.17) is 4.74 Å². The third-order valence-corrected chi connectivity index (χ3v) is 3.19. The SMILES string of the molecule is Cc1cc(C)cc(NCC(O)COCc2ccccc2)c1. The Balaban J connectivity index is 1.71. The number of rotatable bonds is 7. The Morgan fingerprint density at radius 2 is 1.71 bits per heavy atom. The van der Waals surface area contributed by atoms with Crippen LogP contribution in [0.15, 0.2) is 48.5 Å². The molecule has 0 spiro atoms. The van der Waals surface area contributed by atoms with Gasteiger partial charge in [-0.05, 0) is 42.7 Å². The van der Waals surface area contributed by atoms with E-state index in [2.05, 4.69) is 37.4 Å². The summed E-state index contributed by atoms with van der Waals surface area (Å²) < 4.78 is 5.53. The number of anilines is 1. The van der Waals surface area contributed by atoms with Crippen molar-refractivity contribution in [2.75, 3.05) is 18.5 Å². The summed E-state index contributed by atoms with van der Waals surface area (Å²) in [6, 6.07) is 16.2. The molecule has 1 atom stereocenters. The summed E-state index contributed by atoms with van der Waals surface area (Å²) in [6.07, 6.45) is -0.519. The molecule has 21 heavy (non-hydrogen) atoms. The van der Waals surface area contributed by atoms with E-state index in [0.717, 1.165) is 11.3 Å². The first-order valence-corrected chi connectivity index (χ1v) is 7.25. The van der Waals surface area contributed by atoms with Crippen LogP contribution in [0.1, 0.15) is 16.7 Å². The number of ether oxygens (including phenoxy) is 1. The predicted octanol–water partition coefficient (Wildman–Crippen LogP) is 3.29. The second kappa shape index (κ2) is 7.81. The Morgan fingerprint density at radius 1 is 1.05 bits per heavy atom. The molecule has 0 fully saturated rings. The molecule has 0 aliphatic heterocycles. The van der Waals surface area contributed by atoms with E-state index in [1.807, 2.05) is 30.3 Å². The third kappa shape index (κ3) is 5.58. The van der Waals surface area contributed by atoms with Crippen molar-refractivity contribution in [2.24, 2.45) is 0 Å². The summed E-state index contributed by atoms with van der Waals surface area (Å²) in [5.74, 6) is 0. The molecule has 2 rings (SSSR count). The maximum Gasteiger partial charge on any atom is 0.0945 e. The van der Waals surface area contributed by atoms with E-state index < -0.39 is 6.10 Å². The summed E-state index contributed by atoms with van der Waals surface area (Å²) in [5.41, 5.74) is 4.58. The van der Waals surface area contributed by atoms with Gasteiger partial charge in [-0.3, -0.25) is 0 Å². The fourth-order valence-electron chi connectivity index (χ4n) is 2.26. The number of hydrogen-bond donors (Lipinski definition) is 2. The lowest BCUT2D eigenvalue weighted by molar-refractivity contribution is 0.0348. The molecule has 0 aromatic heterocycles. The van der Waals surface area contributed by atoms with Gasteiger partial charge in [-0.2, -0.15) is 0 Å². The quantitative estimate of drug-likeness (QED) is 0.820. The monoisotopic (exact) mass is 285 g/mol. The van der Waals surface area contributed by atoms with Crippen molar-refractivity contribution < 1.29 is 9.84 Å². The molecule has 0 saturated heterocycles. The van der Waals surface area contributed by atoms with Crippen LogP contribution in [-0.2, 0) is 11.3 Å². The average molecular weight is 285 g/mol. The first kappa shape index (κ1) is 15.5. The Labute approximate surface area is 126 Å². The molecular formula is C18H23NO2. The minimum atomic E-state index is -0.519. The van der Waals surface area contributed by atoms with Crippen LogP contribution in [0.3, 0.4) is 0 Å². The average Bonchev–Trinajstić information content (AvgIpc) is 2.45. The van der Waals surface area contributed by atoms with Gasteiger partial charge in [0.15, 0.2) is 0 Å². The van der Waals surface area contributed by atoms with Gasteiger partial charge in [-0.25, -0.2) is 0 Å². The summed E-state index contributed by atoms with van der Waals surface area (Å²) >= 11 is 0. The topological polar surface area (TPSA) is 41.5 Å². The van der Waals surface area contributed by atoms with Crippen molar-refractivity contribution >= 4 is 5.69 Å². The van der Waals surface area contributed by atoms with Gasteiger partial charge in [0.1, 0.15) is 0 Å². The van der Waals surface area contributed by atoms with Crippen LogP contribution in [-0.4, -0.2) is 24.4 Å². The zero-order chi connectivity index (χ0) is 15.1. The number of nitrogens with one attached hydrogen (secondary N) is 1. The zero-order valence-electron chi connectivity index (χ0n) is 12.7. The lowest BCUT2D eigenvalue weighted by Crippen LogP contribution is -2.24. The minimum absolute atomic E-state index is 0.326. The Kier molecular flexibility index (Phi) is 5.78. The zero-order valence-corrected chi connectivity index (χ0v) is 12.7. The molecule has 0 bridgehead atoms. The third-order valence-electron chi connectivity index (χ3n) is 3.19. The first-order chi connectivity index (χ1) is 10.1. The Bertz CT molecular complexity index is 534. The highest BCUT2D eigenvalue weighted by molar-refractivity contribution is 5.48. The van der Waals surface area contributed by atoms with Crippen molar-refractivity contribution in [2.45, 2.75) is 26.6 Å². The molecule has 0 saturated carbocycles. The normalized spacial score (nSPS) is 12.1. The van der Waals surface area contributed by atoms with E-state index >= 15 is 0 Å². The van der Waals surface area contributed by atoms with Crippen molar-refractivity contribution in [1.82, 2.24) is 0 Å². The van der Waals surface area contributed by atoms with Gasteiger partial charge < -0.3 is 15.2 Å². The molecule has 0 heterocycles. The van der Waals surface area contributed by atoms with Gasteiger partial charge in [0.2, 0.25) is 0 Å². The summed E-state index contributed by atoms with van der Waals surface area (Å²) in [4.78, 5) is 0. The maximum atomic E-state index is 9.94. The Hall–Kier alpha value is -1.84. The molecule has 3 nitrogen and oxygen atoms in total. The minimum Gasteiger partial charge on any atom is -0.389 e. The lowest BCUT2D eigenvalue weighted by Gasteiger charge is -2.14. The van der Waals surface area contributed by atoms with Gasteiger partial charge >= 0.3 is 0 Å². The van der Waals surface area contributed by atoms with E-state index in [1.165, 1.54) is 11.1 Å². The second-order valence-corrected chi connectivity index (χ2v) is 5.41. The first-order valence-electron chi connectivity index (χ1n) is 7.25. The molecule has 2 aromatic carbocycles. The summed E-state index contributed by atoms with van der Waals surface area (Å²) in [7, 11) is 0. The fourth-order valence-corrected chi connectivity index (χ4v) is 2.26. The van der Waals surface area contributed by atoms with Crippen molar-refractivity contribution in [1.29, 1.82) is 0 Å². The van der Waals surface area contributed by atoms with Gasteiger partial charge in [-0.15, -0.1) is 0 Å². The van der Waals surface area contributed by atoms with Crippen LogP contribution < -0.4 is 5.32 Å². The fraction of sp³-hybridized carbons (Fsp3) is 0.333. The van der Waals surface area contributed by atoms with Crippen LogP contribution in [0.25, 0.3) is 0 Å². The molecule has 0 amide bonds. The molecule has 2 aromatic rings. The number of aryl methyl sites for hydroxylation is 2. The summed E-state index contributed by atoms with van der Waals surface area (Å²) in [5, 5.41) is 13.2. The van der Waals surface area contributed by atoms with Crippen LogP contribution in [0, 0.1) is 13.8 Å². The highest BCUT2D eigenvalue weighted by atomic mass is 16.5. The smallest absolute Gasteiger partial charge is 0.0945 e. The highest BCUT2D eigenvalue weighted by Crippen LogP contribution is 2.13. The van der Waals surface area contributed by atoms with Crippen LogP contribution in [0.5, 0.6) is 0 Å². The van der Waals surface area contributed by atoms with Crippen LogP contribution in [0.2, 0.25) is 0 Å². The molecule has 112 valence electrons. The van der Waals surface area contributed by atoms with E-state index in [1.54, 1.807) is 0 Å². The standard InChI is InChI=1S/C18H23NO2/c1-14-8-15(2)10-17(9-14)19-11-18(20)13-21-12-16-6-4-3-5-7-16/h3-10,18-20H,11-13H2,1-2H3. The van der Waals surface area contributed by atoms with Crippen molar-refractivity contribution in [3.8, 4) is 0 Å². The number of aliphatic hydroxyl groups excluding tert-OH is 1. The number of hydrogen-bond acceptors (Lipinski definition) is 3. The molecule has 2 N–H and O–H groups in total. The second-order valence-electron chi connectivity index (χ2n) is 5.41. The molecule has 3 heteroatoms. The molecule has 0 aliphatic rings. The lowest BCUT2D eigenvalue weighted by atomic mass is 10.1. The van der Waals surface area contributed by atoms with E-state index in [-0.39, 0.29) is 0 Å². The largest absolute Gasteiger partial charge is 0.389 e. The summed E-state index contributed by atoms with van der Waals surface area (Å²) in [6.45, 7) is 5.47. The molecule has 0 radical (unpaired) electrons. The van der Waals surface area contributed by atoms with Crippen LogP contribution in [0.4, 0.5) is 5.69 Å². The highest BCUT2D eigenvalue weighted by Gasteiger charge is 2.05. The molecular weight excluding hydrogens is 262 g/mol. The van der Waals surface area contributed by atoms with Crippen LogP contribution >= 0.6 is 0 Å². The number of benzene rings is 2. The van der Waals surface area contributed by atoms with E-state index in [9.17, 15) is 5.11 Å². The predicted molar refractivity (Wildman–Crippen MR) is 86.5 cm³/mol. The Morgan fingerprint density at radius 3 is 2.38 bits per heavy atom. The van der Waals surface area contributed by atoms with Gasteiger partial charge in [0, 0.05) is 12.2 Å². The van der Waals surface area contributed by atoms with Gasteiger partial charge in [0.25, 0.3) is 0 Å². The van der Waals surface area contributed by atoms with Gasteiger partial charge in [0.05, 0.1) is 19.3 Å². The van der Waals surface area contributed by atoms with Crippen molar-refractivity contribution in [3.63, 3.8) is 0 Å². The van der Waals surface area contributed by atoms with Crippen molar-refractivity contribution in [3.05, 3.63) is 65.2 Å². The maximum absolute atomic E-state index is 9.94. The van der Waals surface area contributed by atoms with Gasteiger partial charge in [-0.1, -0.05) is 36.4 Å². The van der Waals surface area contributed by atoms with E-state index in [0.29, 0.717) is 19.8 Å². The molecule has 1 unspecified atom stereocenters. The number of aliphatic hydroxyl groups is 1. The molecule has 0 aliphatic carbocycles.